The molecule has 1 aromatic heterocycles. The third-order valence-electron chi connectivity index (χ3n) is 5.01. The number of carbonyl (C=O) groups excluding carboxylic acids is 2. The molecule has 1 aromatic carbocycles. The number of likely N-dealkylation sites (tertiary alicyclic amines) is 1. The number of aromatic amines is 1. The molecule has 0 spiro atoms. The highest BCUT2D eigenvalue weighted by molar-refractivity contribution is 9.10. The Morgan fingerprint density at radius 1 is 1.42 bits per heavy atom. The first-order valence-corrected chi connectivity index (χ1v) is 9.64. The summed E-state index contributed by atoms with van der Waals surface area (Å²) < 4.78 is 5.73. The van der Waals surface area contributed by atoms with Crippen LogP contribution in [-0.4, -0.2) is 48.0 Å². The number of benzene rings is 1. The van der Waals surface area contributed by atoms with Crippen LogP contribution in [0.1, 0.15) is 37.2 Å². The molecule has 2 N–H and O–H groups in total. The number of amides is 1. The number of nitrogens with zero attached hydrogens (tertiary/aromatic N) is 1. The number of ether oxygens (including phenoxy) is 1. The van der Waals surface area contributed by atoms with Gasteiger partial charge in [-0.3, -0.25) is 9.69 Å². The van der Waals surface area contributed by atoms with E-state index in [0.717, 1.165) is 34.9 Å². The Kier molecular flexibility index (Phi) is 5.67. The summed E-state index contributed by atoms with van der Waals surface area (Å²) in [5.74, 6) is -0.0364. The number of H-pyrrole nitrogens is 1. The van der Waals surface area contributed by atoms with Crippen molar-refractivity contribution in [2.45, 2.75) is 32.7 Å². The summed E-state index contributed by atoms with van der Waals surface area (Å²) in [5.41, 5.74) is 1.49. The Labute approximate surface area is 161 Å². The predicted octanol–water partition coefficient (Wildman–Crippen LogP) is 3.78. The SMILES string of the molecule is COC(=O)c1[nH]c2ccc(Br)cc2c1NC(=O)[C@H](C)N1CCC[C@@H](C)C1. The fraction of sp³-hybridized carbons (Fsp3) is 0.474. The number of hydrogen-bond acceptors (Lipinski definition) is 4. The second kappa shape index (κ2) is 7.80. The van der Waals surface area contributed by atoms with Gasteiger partial charge < -0.3 is 15.0 Å². The number of fused-ring (bicyclic) bond motifs is 1. The van der Waals surface area contributed by atoms with Gasteiger partial charge in [-0.1, -0.05) is 22.9 Å². The van der Waals surface area contributed by atoms with Crippen molar-refractivity contribution in [3.8, 4) is 0 Å². The second-order valence-corrected chi connectivity index (χ2v) is 7.88. The molecule has 2 aromatic rings. The van der Waals surface area contributed by atoms with Crippen molar-refractivity contribution in [2.75, 3.05) is 25.5 Å². The molecule has 7 heteroatoms. The van der Waals surface area contributed by atoms with Gasteiger partial charge in [-0.05, 0) is 50.4 Å². The summed E-state index contributed by atoms with van der Waals surface area (Å²) in [5, 5.41) is 3.73. The number of aromatic nitrogens is 1. The highest BCUT2D eigenvalue weighted by Gasteiger charge is 2.28. The number of anilines is 1. The molecule has 1 aliphatic heterocycles. The minimum absolute atomic E-state index is 0.120. The van der Waals surface area contributed by atoms with Crippen LogP contribution in [0.4, 0.5) is 5.69 Å². The van der Waals surface area contributed by atoms with E-state index in [9.17, 15) is 9.59 Å². The molecule has 1 saturated heterocycles. The maximum Gasteiger partial charge on any atom is 0.356 e. The lowest BCUT2D eigenvalue weighted by Crippen LogP contribution is -2.46. The second-order valence-electron chi connectivity index (χ2n) is 6.96. The number of nitrogens with one attached hydrogen (secondary N) is 2. The summed E-state index contributed by atoms with van der Waals surface area (Å²) in [6.45, 7) is 5.96. The average molecular weight is 422 g/mol. The molecule has 3 rings (SSSR count). The van der Waals surface area contributed by atoms with E-state index in [1.165, 1.54) is 13.5 Å². The van der Waals surface area contributed by atoms with E-state index in [-0.39, 0.29) is 17.6 Å². The van der Waals surface area contributed by atoms with Crippen LogP contribution in [0.25, 0.3) is 10.9 Å². The number of piperidine rings is 1. The molecular weight excluding hydrogens is 398 g/mol. The average Bonchev–Trinajstić information content (AvgIpc) is 2.98. The number of methoxy groups -OCH3 is 1. The zero-order chi connectivity index (χ0) is 18.8. The molecule has 26 heavy (non-hydrogen) atoms. The molecule has 0 saturated carbocycles. The lowest BCUT2D eigenvalue weighted by molar-refractivity contribution is -0.121. The predicted molar refractivity (Wildman–Crippen MR) is 105 cm³/mol. The molecule has 0 aliphatic carbocycles. The number of halogens is 1. The summed E-state index contributed by atoms with van der Waals surface area (Å²) in [7, 11) is 1.33. The number of hydrogen-bond donors (Lipinski definition) is 2. The summed E-state index contributed by atoms with van der Waals surface area (Å²) in [6.07, 6.45) is 2.31. The van der Waals surface area contributed by atoms with Gasteiger partial charge >= 0.3 is 5.97 Å². The molecule has 140 valence electrons. The van der Waals surface area contributed by atoms with E-state index >= 15 is 0 Å². The van der Waals surface area contributed by atoms with Crippen LogP contribution in [0.5, 0.6) is 0 Å². The molecule has 0 bridgehead atoms. The Morgan fingerprint density at radius 3 is 2.88 bits per heavy atom. The highest BCUT2D eigenvalue weighted by atomic mass is 79.9. The Hall–Kier alpha value is -1.86. The quantitative estimate of drug-likeness (QED) is 0.736. The van der Waals surface area contributed by atoms with E-state index < -0.39 is 5.97 Å². The van der Waals surface area contributed by atoms with Gasteiger partial charge in [0.05, 0.1) is 18.8 Å². The number of carbonyl (C=O) groups is 2. The van der Waals surface area contributed by atoms with E-state index in [4.69, 9.17) is 4.74 Å². The van der Waals surface area contributed by atoms with E-state index in [0.29, 0.717) is 11.6 Å². The van der Waals surface area contributed by atoms with Crippen molar-refractivity contribution in [1.29, 1.82) is 0 Å². The molecule has 2 atom stereocenters. The van der Waals surface area contributed by atoms with Gasteiger partial charge in [-0.2, -0.15) is 0 Å². The first kappa shape index (κ1) is 18.9. The standard InChI is InChI=1S/C19H24BrN3O3/c1-11-5-4-8-23(10-11)12(2)18(24)22-16-14-9-13(20)6-7-15(14)21-17(16)19(25)26-3/h6-7,9,11-12,21H,4-5,8,10H2,1-3H3,(H,22,24)/t11-,12+/m1/s1. The minimum Gasteiger partial charge on any atom is -0.464 e. The third-order valence-corrected chi connectivity index (χ3v) is 5.51. The third kappa shape index (κ3) is 3.78. The zero-order valence-corrected chi connectivity index (χ0v) is 16.9. The first-order chi connectivity index (χ1) is 12.4. The lowest BCUT2D eigenvalue weighted by atomic mass is 9.99. The normalized spacial score (nSPS) is 19.3. The first-order valence-electron chi connectivity index (χ1n) is 8.85. The van der Waals surface area contributed by atoms with Crippen molar-refractivity contribution in [1.82, 2.24) is 9.88 Å². The van der Waals surface area contributed by atoms with E-state index in [1.807, 2.05) is 25.1 Å². The topological polar surface area (TPSA) is 74.4 Å². The van der Waals surface area contributed by atoms with Gasteiger partial charge in [0.15, 0.2) is 0 Å². The minimum atomic E-state index is -0.508. The molecular formula is C19H24BrN3O3. The van der Waals surface area contributed by atoms with Crippen molar-refractivity contribution >= 4 is 44.4 Å². The van der Waals surface area contributed by atoms with Gasteiger partial charge in [0.25, 0.3) is 0 Å². The smallest absolute Gasteiger partial charge is 0.356 e. The van der Waals surface area contributed by atoms with E-state index in [2.05, 4.69) is 38.1 Å². The highest BCUT2D eigenvalue weighted by Crippen LogP contribution is 2.31. The van der Waals surface area contributed by atoms with E-state index in [1.54, 1.807) is 0 Å². The van der Waals surface area contributed by atoms with Crippen molar-refractivity contribution in [3.63, 3.8) is 0 Å². The van der Waals surface area contributed by atoms with Crippen LogP contribution in [0, 0.1) is 5.92 Å². The zero-order valence-electron chi connectivity index (χ0n) is 15.3. The van der Waals surface area contributed by atoms with Crippen molar-refractivity contribution < 1.29 is 14.3 Å². The maximum atomic E-state index is 12.9. The van der Waals surface area contributed by atoms with Crippen LogP contribution in [0.15, 0.2) is 22.7 Å². The van der Waals surface area contributed by atoms with Crippen molar-refractivity contribution in [3.05, 3.63) is 28.4 Å². The maximum absolute atomic E-state index is 12.9. The van der Waals surface area contributed by atoms with Gasteiger partial charge in [0, 0.05) is 21.9 Å². The summed E-state index contributed by atoms with van der Waals surface area (Å²) >= 11 is 3.44. The molecule has 1 fully saturated rings. The van der Waals surface area contributed by atoms with Gasteiger partial charge in [0.1, 0.15) is 5.69 Å². The summed E-state index contributed by atoms with van der Waals surface area (Å²) in [4.78, 5) is 30.3. The fourth-order valence-electron chi connectivity index (χ4n) is 3.52. The van der Waals surface area contributed by atoms with Gasteiger partial charge in [-0.15, -0.1) is 0 Å². The molecule has 2 heterocycles. The molecule has 1 aliphatic rings. The van der Waals surface area contributed by atoms with Gasteiger partial charge in [-0.25, -0.2) is 4.79 Å². The Balaban J connectivity index is 1.90. The fourth-order valence-corrected chi connectivity index (χ4v) is 3.88. The molecule has 1 amide bonds. The van der Waals surface area contributed by atoms with Crippen LogP contribution < -0.4 is 5.32 Å². The number of esters is 1. The Morgan fingerprint density at radius 2 is 2.19 bits per heavy atom. The van der Waals surface area contributed by atoms with Gasteiger partial charge in [0.2, 0.25) is 5.91 Å². The van der Waals surface area contributed by atoms with Crippen LogP contribution in [-0.2, 0) is 9.53 Å². The Bertz CT molecular complexity index is 833. The van der Waals surface area contributed by atoms with Crippen LogP contribution in [0.2, 0.25) is 0 Å². The lowest BCUT2D eigenvalue weighted by Gasteiger charge is -2.34. The van der Waals surface area contributed by atoms with Crippen LogP contribution >= 0.6 is 15.9 Å². The van der Waals surface area contributed by atoms with Crippen molar-refractivity contribution in [2.24, 2.45) is 5.92 Å². The molecule has 6 nitrogen and oxygen atoms in total. The monoisotopic (exact) mass is 421 g/mol. The molecule has 0 radical (unpaired) electrons. The summed E-state index contributed by atoms with van der Waals surface area (Å²) in [6, 6.07) is 5.35. The largest absolute Gasteiger partial charge is 0.464 e. The molecule has 0 unspecified atom stereocenters. The number of rotatable bonds is 4. The van der Waals surface area contributed by atoms with Crippen LogP contribution in [0.3, 0.4) is 0 Å².